The van der Waals surface area contributed by atoms with Crippen LogP contribution in [0, 0.1) is 5.92 Å². The van der Waals surface area contributed by atoms with Gasteiger partial charge in [-0.3, -0.25) is 38.9 Å². The van der Waals surface area contributed by atoms with E-state index in [4.69, 9.17) is 56.4 Å². The number of hydrogen-bond acceptors (Lipinski definition) is 29. The summed E-state index contributed by atoms with van der Waals surface area (Å²) in [6, 6.07) is 9.17. The maximum atomic E-state index is 16.8. The molecule has 0 spiro atoms. The Bertz CT molecular complexity index is 5190. The monoisotopic (exact) mass is 1770 g/mol. The highest BCUT2D eigenvalue weighted by molar-refractivity contribution is 6.33. The molecule has 0 aliphatic carbocycles. The number of unbranched alkanes of at least 4 members (excludes halogenated alkanes) is 3. The second-order valence-corrected chi connectivity index (χ2v) is 32.7. The molecule has 0 saturated carbocycles. The number of carboxylic acids is 1. The molecule has 15 rings (SSSR count). The summed E-state index contributed by atoms with van der Waals surface area (Å²) in [6.07, 6.45) is -19.0. The number of aliphatic hydroxyl groups excluding tert-OH is 8. The Kier molecular flexibility index (Phi) is 28.9. The van der Waals surface area contributed by atoms with Crippen molar-refractivity contribution in [2.45, 2.75) is 181 Å². The number of aromatic hydroxyl groups is 3. The van der Waals surface area contributed by atoms with Gasteiger partial charge in [-0.25, -0.2) is 4.79 Å². The number of rotatable bonds is 20. The molecule has 668 valence electrons. The fourth-order valence-corrected chi connectivity index (χ4v) is 16.1. The van der Waals surface area contributed by atoms with Crippen LogP contribution in [0.4, 0.5) is 0 Å². The molecule has 2 saturated heterocycles. The lowest BCUT2D eigenvalue weighted by Crippen LogP contribution is -2.66. The molecule has 7 amide bonds. The normalized spacial score (nSPS) is 26.8. The molecular formula is C86H98Cl2N10O27. The lowest BCUT2D eigenvalue weighted by molar-refractivity contribution is -0.277. The number of fused-ring (bicyclic) bond motifs is 14. The van der Waals surface area contributed by atoms with Crippen LogP contribution < -0.4 is 71.5 Å². The molecule has 21 N–H and O–H groups in total. The first-order valence-corrected chi connectivity index (χ1v) is 41.3. The third-order valence-corrected chi connectivity index (χ3v) is 23.0. The van der Waals surface area contributed by atoms with Crippen molar-refractivity contribution in [3.05, 3.63) is 170 Å². The lowest BCUT2D eigenvalue weighted by Gasteiger charge is -2.41. The third kappa shape index (κ3) is 20.5. The van der Waals surface area contributed by atoms with Crippen LogP contribution in [0.15, 0.2) is 121 Å². The van der Waals surface area contributed by atoms with Crippen LogP contribution in [0.5, 0.6) is 63.2 Å². The van der Waals surface area contributed by atoms with E-state index < -0.39 is 237 Å². The second-order valence-electron chi connectivity index (χ2n) is 32.0. The zero-order valence-electron chi connectivity index (χ0n) is 68.1. The molecular weight excluding hydrogens is 1680 g/mol. The van der Waals surface area contributed by atoms with Crippen LogP contribution >= 0.6 is 23.2 Å². The molecule has 0 radical (unpaired) electrons. The summed E-state index contributed by atoms with van der Waals surface area (Å²) in [5, 5.41) is 162. The van der Waals surface area contributed by atoms with E-state index >= 15 is 28.8 Å². The number of carboxylic acid groups (broad SMARTS) is 1. The molecule has 8 aliphatic rings. The highest BCUT2D eigenvalue weighted by atomic mass is 35.5. The average molecular weight is 1770 g/mol. The van der Waals surface area contributed by atoms with Crippen molar-refractivity contribution in [1.29, 1.82) is 0 Å². The number of carbonyl (C=O) groups excluding carboxylic acids is 7. The van der Waals surface area contributed by atoms with Gasteiger partial charge >= 0.3 is 5.97 Å². The van der Waals surface area contributed by atoms with Crippen LogP contribution in [0.25, 0.3) is 11.1 Å². The summed E-state index contributed by atoms with van der Waals surface area (Å²) in [7, 11) is 5.07. The number of likely N-dealkylation sites (N-methyl/N-ethyl adjacent to an activating group) is 1. The van der Waals surface area contributed by atoms with Crippen molar-refractivity contribution in [2.75, 3.05) is 40.8 Å². The molecule has 39 heteroatoms. The predicted octanol–water partition coefficient (Wildman–Crippen LogP) is 3.47. The van der Waals surface area contributed by atoms with Crippen molar-refractivity contribution in [3.8, 4) is 74.4 Å². The predicted molar refractivity (Wildman–Crippen MR) is 442 cm³/mol. The van der Waals surface area contributed by atoms with Crippen LogP contribution in [0.3, 0.4) is 0 Å². The molecule has 125 heavy (non-hydrogen) atoms. The quantitative estimate of drug-likeness (QED) is 0.0486. The van der Waals surface area contributed by atoms with E-state index in [2.05, 4.69) is 61.7 Å². The minimum atomic E-state index is -2.41. The van der Waals surface area contributed by atoms with Gasteiger partial charge in [0, 0.05) is 35.7 Å². The van der Waals surface area contributed by atoms with E-state index in [0.717, 1.165) is 73.9 Å². The molecule has 2 fully saturated rings. The number of carbonyl (C=O) groups is 8. The van der Waals surface area contributed by atoms with Gasteiger partial charge < -0.3 is 142 Å². The summed E-state index contributed by atoms with van der Waals surface area (Å²) in [6.45, 7) is 3.67. The number of ether oxygens (including phenoxy) is 7. The van der Waals surface area contributed by atoms with Crippen molar-refractivity contribution in [2.24, 2.45) is 5.92 Å². The SMILES string of the molecule is CN[C@H]1c2ccc(O)c(c2)Oc2cc(O)c(Cl)c(c2)[C@@H]2NC(=O)[C@@H](Cc3ccc(cc3)Oc3cc4cc(c3O[C@@H]3O[C@H](C(=O)O)[C@@H](O)[C@H](O)[C@H]3NC(=O)CCCCCCC(C)C)Oc3ccc(cc3Cl)[C@@H](O)[C@@H]3NC(=O)[C@H](NC(=O)[C@@H]4NC2=O)c2ccc(O)c(c2)-c2c(O[C@H]4O[C@H](CO)[C@@H](O)[C@H](O)[C@@H]4O)cccc2[C@@H](C(=O)NCCCN(C)C)NC3=O)NC1O. The Morgan fingerprint density at radius 1 is 0.592 bits per heavy atom. The van der Waals surface area contributed by atoms with Crippen LogP contribution in [0.2, 0.25) is 10.0 Å². The Morgan fingerprint density at radius 3 is 1.96 bits per heavy atom. The number of halogens is 2. The molecule has 0 aromatic heterocycles. The molecule has 19 atom stereocenters. The summed E-state index contributed by atoms with van der Waals surface area (Å²) >= 11 is 14.3. The molecule has 7 aromatic rings. The third-order valence-electron chi connectivity index (χ3n) is 22.3. The fourth-order valence-electron chi connectivity index (χ4n) is 15.6. The summed E-state index contributed by atoms with van der Waals surface area (Å²) in [5.41, 5.74) is -1.83. The Morgan fingerprint density at radius 2 is 1.26 bits per heavy atom. The fraction of sp³-hybridized carbons (Fsp3) is 0.419. The molecule has 37 nitrogen and oxygen atoms in total. The Labute approximate surface area is 725 Å². The number of nitrogens with one attached hydrogen (secondary N) is 9. The number of aliphatic hydroxyl groups is 8. The van der Waals surface area contributed by atoms with Crippen LogP contribution in [-0.4, -0.2) is 234 Å². The molecule has 8 heterocycles. The summed E-state index contributed by atoms with van der Waals surface area (Å²) < 4.78 is 44.6. The van der Waals surface area contributed by atoms with Crippen LogP contribution in [-0.2, 0) is 54.3 Å². The lowest BCUT2D eigenvalue weighted by atomic mass is 9.89. The van der Waals surface area contributed by atoms with Gasteiger partial charge in [-0.1, -0.05) is 105 Å². The van der Waals surface area contributed by atoms with Gasteiger partial charge in [0.1, 0.15) is 120 Å². The number of phenols is 3. The number of hydrogen-bond donors (Lipinski definition) is 21. The van der Waals surface area contributed by atoms with E-state index in [1.807, 2.05) is 4.90 Å². The van der Waals surface area contributed by atoms with Gasteiger partial charge in [0.15, 0.2) is 29.1 Å². The minimum Gasteiger partial charge on any atom is -0.507 e. The van der Waals surface area contributed by atoms with E-state index in [1.165, 1.54) is 73.8 Å². The van der Waals surface area contributed by atoms with E-state index in [9.17, 15) is 70.9 Å². The van der Waals surface area contributed by atoms with Crippen molar-refractivity contribution < 1.29 is 133 Å². The summed E-state index contributed by atoms with van der Waals surface area (Å²) in [5.74, 6) is -14.9. The van der Waals surface area contributed by atoms with Crippen molar-refractivity contribution in [3.63, 3.8) is 0 Å². The smallest absolute Gasteiger partial charge is 0.335 e. The largest absolute Gasteiger partial charge is 0.507 e. The molecule has 8 aliphatic heterocycles. The number of aliphatic carboxylic acids is 1. The number of phenolic OH excluding ortho intramolecular Hbond substituents is 3. The van der Waals surface area contributed by atoms with Crippen LogP contribution in [0.1, 0.15) is 134 Å². The highest BCUT2D eigenvalue weighted by Gasteiger charge is 2.52. The molecule has 17 bridgehead atoms. The average Bonchev–Trinajstić information content (AvgIpc) is 0.764. The van der Waals surface area contributed by atoms with Gasteiger partial charge in [0.05, 0.1) is 28.7 Å². The first-order chi connectivity index (χ1) is 59.7. The van der Waals surface area contributed by atoms with Gasteiger partial charge in [-0.15, -0.1) is 0 Å². The van der Waals surface area contributed by atoms with Gasteiger partial charge in [-0.05, 0) is 159 Å². The summed E-state index contributed by atoms with van der Waals surface area (Å²) in [4.78, 5) is 125. The number of nitrogens with zero attached hydrogens (tertiary/aromatic N) is 1. The van der Waals surface area contributed by atoms with Gasteiger partial charge in [0.25, 0.3) is 0 Å². The first-order valence-electron chi connectivity index (χ1n) is 40.5. The maximum absolute atomic E-state index is 16.8. The van der Waals surface area contributed by atoms with Crippen molar-refractivity contribution in [1.82, 2.24) is 52.8 Å². The first kappa shape index (κ1) is 91.5. The second kappa shape index (κ2) is 39.5. The number of amides is 7. The van der Waals surface area contributed by atoms with E-state index in [-0.39, 0.29) is 64.5 Å². The topological polar surface area (TPSA) is 555 Å². The maximum Gasteiger partial charge on any atom is 0.335 e. The zero-order valence-corrected chi connectivity index (χ0v) is 69.6. The van der Waals surface area contributed by atoms with Gasteiger partial charge in [-0.2, -0.15) is 0 Å². The highest BCUT2D eigenvalue weighted by Crippen LogP contribution is 2.50. The standard InChI is InChI=1S/C86H98Cl2N10O27/c1-37(2)12-8-6-7-9-15-59(103)92-68-71(106)73(108)76(84(117)118)125-85(68)124-75-56-32-42-33-57(75)121-53-25-20-41(30-48(53)87)69(104)67-83(116)96-65(78(111)90-26-11-27-98(4)5)45-13-10-14-54(122-86-74(109)72(107)70(105)58(36-99)123-86)60(45)46-29-39(18-23-50(46)100)63(80(113)97-67)93-81(114)64(42)94-82(115)66-47-34-44(35-52(102)61(47)88)120-55-31-40(19-24-51(55)101)62(89-3)79(112)91-49(77(110)95-66)28-38-16-21-43(119-56)22-17-38/h10,13-14,16-25,29-35,37,49,58,62-74,76,79,85-86,89,91,99-102,104-109,112H,6-9,11-12,15,26-28,36H2,1-5H3,(H,90,111)(H,92,103)(H,93,114)(H,94,115)(H,95,110)(H,96,116)(H,97,113)(H,117,118)/t49-,58-,62+,63-,64-,65+,66+,67+,68-,69-,70-,71-,72+,73+,74+,76+,79?,85-,86+/m1/s1. The van der Waals surface area contributed by atoms with Gasteiger partial charge in [0.2, 0.25) is 59.7 Å². The Balaban J connectivity index is 1.05. The Hall–Kier alpha value is -11.2. The minimum absolute atomic E-state index is 0.0281. The molecule has 7 aromatic carbocycles. The van der Waals surface area contributed by atoms with Crippen molar-refractivity contribution >= 4 is 70.5 Å². The van der Waals surface area contributed by atoms with E-state index in [0.29, 0.717) is 42.9 Å². The molecule has 1 unspecified atom stereocenters. The number of benzene rings is 7. The zero-order chi connectivity index (χ0) is 89.7. The van der Waals surface area contributed by atoms with E-state index in [1.54, 1.807) is 14.1 Å².